The summed E-state index contributed by atoms with van der Waals surface area (Å²) in [6.07, 6.45) is 0.863. The second-order valence-corrected chi connectivity index (χ2v) is 7.12. The average molecular weight is 331 g/mol. The Morgan fingerprint density at radius 1 is 1.42 bits per heavy atom. The summed E-state index contributed by atoms with van der Waals surface area (Å²) in [7, 11) is 0. The van der Waals surface area contributed by atoms with E-state index >= 15 is 0 Å². The van der Waals surface area contributed by atoms with Gasteiger partial charge in [-0.2, -0.15) is 4.98 Å². The van der Waals surface area contributed by atoms with Crippen LogP contribution in [0, 0.1) is 3.95 Å². The van der Waals surface area contributed by atoms with Crippen LogP contribution in [0.15, 0.2) is 38.3 Å². The van der Waals surface area contributed by atoms with Crippen LogP contribution in [0.1, 0.15) is 13.3 Å². The van der Waals surface area contributed by atoms with Crippen molar-refractivity contribution in [3.05, 3.63) is 43.7 Å². The zero-order valence-corrected chi connectivity index (χ0v) is 13.3. The highest BCUT2D eigenvalue weighted by Crippen LogP contribution is 2.29. The fraction of sp³-hybridized carbons (Fsp3) is 0.250. The van der Waals surface area contributed by atoms with Crippen LogP contribution in [-0.4, -0.2) is 9.55 Å². The number of rotatable bonds is 4. The van der Waals surface area contributed by atoms with Crippen molar-refractivity contribution in [3.63, 3.8) is 0 Å². The molecule has 19 heavy (non-hydrogen) atoms. The van der Waals surface area contributed by atoms with Gasteiger partial charge in [0.2, 0.25) is 0 Å². The van der Waals surface area contributed by atoms with Crippen molar-refractivity contribution in [2.75, 3.05) is 0 Å². The van der Waals surface area contributed by atoms with Gasteiger partial charge < -0.3 is 0 Å². The summed E-state index contributed by atoms with van der Waals surface area (Å²) in [6, 6.07) is 7.40. The molecule has 0 unspecified atom stereocenters. The Labute approximate surface area is 129 Å². The molecule has 3 nitrogen and oxygen atoms in total. The maximum Gasteiger partial charge on any atom is 0.351 e. The van der Waals surface area contributed by atoms with Gasteiger partial charge in [-0.15, -0.1) is 0 Å². The lowest BCUT2D eigenvalue weighted by atomic mass is 10.4. The molecule has 2 aromatic rings. The van der Waals surface area contributed by atoms with E-state index in [4.69, 9.17) is 23.8 Å². The van der Waals surface area contributed by atoms with Gasteiger partial charge in [0.05, 0.1) is 0 Å². The average Bonchev–Trinajstić information content (AvgIpc) is 2.37. The Morgan fingerprint density at radius 2 is 2.11 bits per heavy atom. The lowest BCUT2D eigenvalue weighted by Crippen LogP contribution is -2.22. The van der Waals surface area contributed by atoms with Crippen LogP contribution in [0.4, 0.5) is 0 Å². The van der Waals surface area contributed by atoms with Crippen LogP contribution in [0.25, 0.3) is 0 Å². The van der Waals surface area contributed by atoms with Gasteiger partial charge in [-0.05, 0) is 42.9 Å². The summed E-state index contributed by atoms with van der Waals surface area (Å²) >= 11 is 13.8. The zero-order chi connectivity index (χ0) is 13.8. The molecule has 0 amide bonds. The minimum atomic E-state index is -0.276. The normalized spacial score (nSPS) is 10.6. The van der Waals surface area contributed by atoms with Gasteiger partial charge in [-0.1, -0.05) is 41.6 Å². The first kappa shape index (κ1) is 14.7. The van der Waals surface area contributed by atoms with E-state index in [0.717, 1.165) is 11.3 Å². The molecule has 0 saturated carbocycles. The van der Waals surface area contributed by atoms with Gasteiger partial charge in [0, 0.05) is 16.5 Å². The van der Waals surface area contributed by atoms with E-state index in [1.54, 1.807) is 0 Å². The first-order valence-electron chi connectivity index (χ1n) is 5.65. The minimum absolute atomic E-state index is 0.276. The first-order valence-corrected chi connectivity index (χ1v) is 8.07. The SMILES string of the molecule is CCCn1c(=O)nc(Sc2ccc(Cl)cc2)sc1=S. The second-order valence-electron chi connectivity index (χ2n) is 3.74. The van der Waals surface area contributed by atoms with Crippen molar-refractivity contribution < 1.29 is 0 Å². The largest absolute Gasteiger partial charge is 0.351 e. The highest BCUT2D eigenvalue weighted by atomic mass is 35.5. The molecule has 0 radical (unpaired) electrons. The van der Waals surface area contributed by atoms with Gasteiger partial charge in [0.15, 0.2) is 8.29 Å². The van der Waals surface area contributed by atoms with Crippen molar-refractivity contribution in [3.8, 4) is 0 Å². The maximum absolute atomic E-state index is 11.9. The fourth-order valence-corrected chi connectivity index (χ4v) is 3.96. The van der Waals surface area contributed by atoms with Crippen LogP contribution < -0.4 is 5.69 Å². The Morgan fingerprint density at radius 3 is 2.68 bits per heavy atom. The molecular formula is C12H11ClN2OS3. The van der Waals surface area contributed by atoms with Gasteiger partial charge in [0.1, 0.15) is 0 Å². The number of aromatic nitrogens is 2. The minimum Gasteiger partial charge on any atom is -0.274 e. The highest BCUT2D eigenvalue weighted by molar-refractivity contribution is 8.01. The summed E-state index contributed by atoms with van der Waals surface area (Å²) in [6.45, 7) is 2.62. The standard InChI is InChI=1S/C12H11ClN2OS3/c1-2-7-15-10(16)14-11(19-12(15)17)18-9-5-3-8(13)4-6-9/h3-6H,2,7H2,1H3. The second kappa shape index (κ2) is 6.65. The molecule has 0 spiro atoms. The Hall–Kier alpha value is -0.690. The predicted octanol–water partition coefficient (Wildman–Crippen LogP) is 4.25. The highest BCUT2D eigenvalue weighted by Gasteiger charge is 2.05. The van der Waals surface area contributed by atoms with Crippen molar-refractivity contribution in [2.24, 2.45) is 0 Å². The first-order chi connectivity index (χ1) is 9.10. The summed E-state index contributed by atoms with van der Waals surface area (Å²) in [5.74, 6) is 0. The van der Waals surface area contributed by atoms with Crippen molar-refractivity contribution in [2.45, 2.75) is 29.1 Å². The third-order valence-electron chi connectivity index (χ3n) is 2.28. The summed E-state index contributed by atoms with van der Waals surface area (Å²) in [4.78, 5) is 16.9. The molecule has 0 atom stereocenters. The number of hydrogen-bond donors (Lipinski definition) is 0. The van der Waals surface area contributed by atoms with Crippen LogP contribution in [0.2, 0.25) is 5.02 Å². The smallest absolute Gasteiger partial charge is 0.274 e. The van der Waals surface area contributed by atoms with Crippen LogP contribution in [0.5, 0.6) is 0 Å². The number of halogens is 1. The fourth-order valence-electron chi connectivity index (χ4n) is 1.43. The summed E-state index contributed by atoms with van der Waals surface area (Å²) in [5.41, 5.74) is -0.276. The van der Waals surface area contributed by atoms with Crippen molar-refractivity contribution >= 4 is 46.9 Å². The molecule has 0 bridgehead atoms. The molecule has 0 saturated heterocycles. The molecule has 1 aromatic carbocycles. The van der Waals surface area contributed by atoms with Gasteiger partial charge in [0.25, 0.3) is 0 Å². The third-order valence-corrected chi connectivity index (χ3v) is 4.94. The Kier molecular flexibility index (Phi) is 5.15. The summed E-state index contributed by atoms with van der Waals surface area (Å²) < 4.78 is 2.76. The van der Waals surface area contributed by atoms with Gasteiger partial charge in [-0.3, -0.25) is 4.57 Å². The van der Waals surface area contributed by atoms with Crippen molar-refractivity contribution in [1.82, 2.24) is 9.55 Å². The van der Waals surface area contributed by atoms with E-state index in [1.165, 1.54) is 27.7 Å². The van der Waals surface area contributed by atoms with E-state index in [9.17, 15) is 4.79 Å². The molecular weight excluding hydrogens is 320 g/mol. The zero-order valence-electron chi connectivity index (χ0n) is 10.1. The lowest BCUT2D eigenvalue weighted by Gasteiger charge is -2.04. The molecule has 0 N–H and O–H groups in total. The maximum atomic E-state index is 11.9. The molecule has 0 fully saturated rings. The lowest BCUT2D eigenvalue weighted by molar-refractivity contribution is 0.633. The van der Waals surface area contributed by atoms with E-state index in [1.807, 2.05) is 31.2 Å². The van der Waals surface area contributed by atoms with Crippen molar-refractivity contribution in [1.29, 1.82) is 0 Å². The molecule has 7 heteroatoms. The third kappa shape index (κ3) is 3.89. The summed E-state index contributed by atoms with van der Waals surface area (Å²) in [5, 5.41) is 0.684. The molecule has 100 valence electrons. The Balaban J connectivity index is 2.29. The topological polar surface area (TPSA) is 34.9 Å². The molecule has 0 aliphatic carbocycles. The molecule has 1 heterocycles. The number of benzene rings is 1. The number of nitrogens with zero attached hydrogens (tertiary/aromatic N) is 2. The predicted molar refractivity (Wildman–Crippen MR) is 83.1 cm³/mol. The molecule has 0 aliphatic heterocycles. The molecule has 2 rings (SSSR count). The van der Waals surface area contributed by atoms with Crippen LogP contribution >= 0.6 is 46.9 Å². The Bertz CT molecular complexity index is 647. The molecule has 1 aromatic heterocycles. The monoisotopic (exact) mass is 330 g/mol. The van der Waals surface area contributed by atoms with Crippen LogP contribution in [0.3, 0.4) is 0 Å². The quantitative estimate of drug-likeness (QED) is 0.785. The van der Waals surface area contributed by atoms with E-state index in [2.05, 4.69) is 4.98 Å². The molecule has 0 aliphatic rings. The van der Waals surface area contributed by atoms with E-state index in [0.29, 0.717) is 19.9 Å². The van der Waals surface area contributed by atoms with Crippen LogP contribution in [-0.2, 0) is 6.54 Å². The van der Waals surface area contributed by atoms with Gasteiger partial charge >= 0.3 is 5.69 Å². The van der Waals surface area contributed by atoms with E-state index < -0.39 is 0 Å². The number of hydrogen-bond acceptors (Lipinski definition) is 5. The van der Waals surface area contributed by atoms with Gasteiger partial charge in [-0.25, -0.2) is 4.79 Å². The van der Waals surface area contributed by atoms with E-state index in [-0.39, 0.29) is 5.69 Å².